The highest BCUT2D eigenvalue weighted by Crippen LogP contribution is 2.27. The third kappa shape index (κ3) is 3.82. The number of benzene rings is 2. The Balaban J connectivity index is 1.61. The van der Waals surface area contributed by atoms with Crippen LogP contribution in [0.3, 0.4) is 0 Å². The summed E-state index contributed by atoms with van der Waals surface area (Å²) in [7, 11) is 3.46. The molecule has 5 heteroatoms. The number of anilines is 1. The maximum atomic E-state index is 11.7. The first-order valence-corrected chi connectivity index (χ1v) is 8.60. The van der Waals surface area contributed by atoms with E-state index >= 15 is 0 Å². The van der Waals surface area contributed by atoms with Gasteiger partial charge in [-0.05, 0) is 42.2 Å². The van der Waals surface area contributed by atoms with Gasteiger partial charge < -0.3 is 15.5 Å². The lowest BCUT2D eigenvalue weighted by Gasteiger charge is -2.22. The van der Waals surface area contributed by atoms with Crippen molar-refractivity contribution in [3.63, 3.8) is 0 Å². The number of carbonyl (C=O) groups excluding carboxylic acids is 1. The number of nitrogens with zero attached hydrogens (tertiary/aromatic N) is 2. The number of fused-ring (bicyclic) bond motifs is 1. The predicted molar refractivity (Wildman–Crippen MR) is 102 cm³/mol. The summed E-state index contributed by atoms with van der Waals surface area (Å²) in [6.45, 7) is 1.72. The molecular formula is C20H24N4O. The molecule has 2 aromatic carbocycles. The van der Waals surface area contributed by atoms with Crippen LogP contribution in [0, 0.1) is 0 Å². The van der Waals surface area contributed by atoms with Gasteiger partial charge >= 0.3 is 0 Å². The number of guanidine groups is 1. The van der Waals surface area contributed by atoms with Crippen LogP contribution in [0.15, 0.2) is 53.5 Å². The molecule has 5 nitrogen and oxygen atoms in total. The molecule has 0 atom stereocenters. The van der Waals surface area contributed by atoms with E-state index in [-0.39, 0.29) is 5.91 Å². The Hall–Kier alpha value is -2.82. The molecule has 130 valence electrons. The summed E-state index contributed by atoms with van der Waals surface area (Å²) in [6, 6.07) is 16.2. The van der Waals surface area contributed by atoms with Crippen LogP contribution in [-0.4, -0.2) is 39.1 Å². The van der Waals surface area contributed by atoms with Gasteiger partial charge in [-0.25, -0.2) is 0 Å². The minimum Gasteiger partial charge on any atom is -0.356 e. The predicted octanol–water partition coefficient (Wildman–Crippen LogP) is 2.23. The SMILES string of the molecule is CN=C(NCCc1cccc(C(=O)NC)c1)N1CCc2ccccc21. The molecule has 3 rings (SSSR count). The highest BCUT2D eigenvalue weighted by Gasteiger charge is 2.22. The van der Waals surface area contributed by atoms with Crippen molar-refractivity contribution in [2.75, 3.05) is 32.1 Å². The average Bonchev–Trinajstić information content (AvgIpc) is 3.09. The molecule has 0 aliphatic carbocycles. The molecule has 0 aromatic heterocycles. The number of aliphatic imine (C=N–C) groups is 1. The second-order valence-electron chi connectivity index (χ2n) is 6.03. The van der Waals surface area contributed by atoms with Crippen molar-refractivity contribution in [2.24, 2.45) is 4.99 Å². The van der Waals surface area contributed by atoms with Crippen LogP contribution in [0.25, 0.3) is 0 Å². The van der Waals surface area contributed by atoms with Crippen molar-refractivity contribution in [3.8, 4) is 0 Å². The van der Waals surface area contributed by atoms with Gasteiger partial charge in [0.1, 0.15) is 0 Å². The largest absolute Gasteiger partial charge is 0.356 e. The third-order valence-electron chi connectivity index (χ3n) is 4.47. The number of hydrogen-bond acceptors (Lipinski definition) is 2. The Labute approximate surface area is 148 Å². The molecule has 25 heavy (non-hydrogen) atoms. The second-order valence-corrected chi connectivity index (χ2v) is 6.03. The first-order valence-electron chi connectivity index (χ1n) is 8.60. The first-order chi connectivity index (χ1) is 12.2. The highest BCUT2D eigenvalue weighted by atomic mass is 16.1. The lowest BCUT2D eigenvalue weighted by molar-refractivity contribution is 0.0963. The molecule has 0 bridgehead atoms. The maximum Gasteiger partial charge on any atom is 0.251 e. The fraction of sp³-hybridized carbons (Fsp3) is 0.300. The lowest BCUT2D eigenvalue weighted by atomic mass is 10.1. The van der Waals surface area contributed by atoms with E-state index in [1.165, 1.54) is 11.3 Å². The van der Waals surface area contributed by atoms with Gasteiger partial charge in [-0.3, -0.25) is 9.79 Å². The van der Waals surface area contributed by atoms with Crippen LogP contribution < -0.4 is 15.5 Å². The summed E-state index contributed by atoms with van der Waals surface area (Å²) in [4.78, 5) is 18.4. The summed E-state index contributed by atoms with van der Waals surface area (Å²) < 4.78 is 0. The Morgan fingerprint density at radius 2 is 2.04 bits per heavy atom. The first kappa shape index (κ1) is 17.0. The van der Waals surface area contributed by atoms with E-state index in [1.54, 1.807) is 7.05 Å². The zero-order chi connectivity index (χ0) is 17.6. The Bertz CT molecular complexity index is 785. The van der Waals surface area contributed by atoms with E-state index in [0.717, 1.165) is 37.5 Å². The molecule has 0 fully saturated rings. The van der Waals surface area contributed by atoms with Crippen molar-refractivity contribution in [1.29, 1.82) is 0 Å². The summed E-state index contributed by atoms with van der Waals surface area (Å²) in [5, 5.41) is 6.10. The smallest absolute Gasteiger partial charge is 0.251 e. The highest BCUT2D eigenvalue weighted by molar-refractivity contribution is 5.98. The van der Waals surface area contributed by atoms with E-state index in [1.807, 2.05) is 31.3 Å². The normalized spacial score (nSPS) is 13.5. The number of hydrogen-bond donors (Lipinski definition) is 2. The van der Waals surface area contributed by atoms with E-state index in [9.17, 15) is 4.79 Å². The number of amides is 1. The zero-order valence-electron chi connectivity index (χ0n) is 14.7. The van der Waals surface area contributed by atoms with Gasteiger partial charge in [0, 0.05) is 38.4 Å². The van der Waals surface area contributed by atoms with Crippen LogP contribution in [0.2, 0.25) is 0 Å². The number of carbonyl (C=O) groups is 1. The molecule has 1 heterocycles. The standard InChI is InChI=1S/C20H24N4O/c1-21-19(25)17-8-5-6-15(14-17)10-12-23-20(22-2)24-13-11-16-7-3-4-9-18(16)24/h3-9,14H,10-13H2,1-2H3,(H,21,25)(H,22,23). The zero-order valence-corrected chi connectivity index (χ0v) is 14.7. The second kappa shape index (κ2) is 7.83. The van der Waals surface area contributed by atoms with Gasteiger partial charge in [-0.2, -0.15) is 0 Å². The van der Waals surface area contributed by atoms with Gasteiger partial charge in [-0.15, -0.1) is 0 Å². The molecule has 2 N–H and O–H groups in total. The summed E-state index contributed by atoms with van der Waals surface area (Å²) in [5.74, 6) is 0.840. The minimum atomic E-state index is -0.0562. The van der Waals surface area contributed by atoms with Gasteiger partial charge in [0.2, 0.25) is 0 Å². The fourth-order valence-electron chi connectivity index (χ4n) is 3.18. The van der Waals surface area contributed by atoms with Crippen molar-refractivity contribution in [3.05, 3.63) is 65.2 Å². The number of rotatable bonds is 4. The summed E-state index contributed by atoms with van der Waals surface area (Å²) >= 11 is 0. The van der Waals surface area contributed by atoms with Crippen LogP contribution >= 0.6 is 0 Å². The quantitative estimate of drug-likeness (QED) is 0.665. The molecule has 0 spiro atoms. The van der Waals surface area contributed by atoms with Crippen LogP contribution in [0.1, 0.15) is 21.5 Å². The van der Waals surface area contributed by atoms with E-state index in [2.05, 4.69) is 44.8 Å². The van der Waals surface area contributed by atoms with E-state index in [0.29, 0.717) is 5.56 Å². The maximum absolute atomic E-state index is 11.7. The monoisotopic (exact) mass is 336 g/mol. The average molecular weight is 336 g/mol. The molecule has 1 aliphatic rings. The Morgan fingerprint density at radius 3 is 2.84 bits per heavy atom. The molecule has 2 aromatic rings. The van der Waals surface area contributed by atoms with E-state index in [4.69, 9.17) is 0 Å². The van der Waals surface area contributed by atoms with Gasteiger partial charge in [-0.1, -0.05) is 30.3 Å². The molecule has 0 saturated carbocycles. The Kier molecular flexibility index (Phi) is 5.33. The van der Waals surface area contributed by atoms with Gasteiger partial charge in [0.25, 0.3) is 5.91 Å². The van der Waals surface area contributed by atoms with Crippen molar-refractivity contribution >= 4 is 17.6 Å². The minimum absolute atomic E-state index is 0.0562. The van der Waals surface area contributed by atoms with Crippen molar-refractivity contribution in [2.45, 2.75) is 12.8 Å². The van der Waals surface area contributed by atoms with Crippen molar-refractivity contribution in [1.82, 2.24) is 10.6 Å². The van der Waals surface area contributed by atoms with Crippen LogP contribution in [0.4, 0.5) is 5.69 Å². The van der Waals surface area contributed by atoms with Crippen molar-refractivity contribution < 1.29 is 4.79 Å². The lowest BCUT2D eigenvalue weighted by Crippen LogP contribution is -2.41. The fourth-order valence-corrected chi connectivity index (χ4v) is 3.18. The van der Waals surface area contributed by atoms with Gasteiger partial charge in [0.15, 0.2) is 5.96 Å². The molecule has 0 radical (unpaired) electrons. The number of para-hydroxylation sites is 1. The molecule has 1 amide bonds. The molecule has 0 saturated heterocycles. The summed E-state index contributed by atoms with van der Waals surface area (Å²) in [6.07, 6.45) is 1.88. The van der Waals surface area contributed by atoms with Crippen LogP contribution in [-0.2, 0) is 12.8 Å². The van der Waals surface area contributed by atoms with E-state index < -0.39 is 0 Å². The number of nitrogens with one attached hydrogen (secondary N) is 2. The topological polar surface area (TPSA) is 56.7 Å². The van der Waals surface area contributed by atoms with Gasteiger partial charge in [0.05, 0.1) is 0 Å². The van der Waals surface area contributed by atoms with Crippen LogP contribution in [0.5, 0.6) is 0 Å². The molecule has 1 aliphatic heterocycles. The third-order valence-corrected chi connectivity index (χ3v) is 4.47. The summed E-state index contributed by atoms with van der Waals surface area (Å²) in [5.41, 5.74) is 4.42. The molecule has 0 unspecified atom stereocenters. The Morgan fingerprint density at radius 1 is 1.20 bits per heavy atom. The molecular weight excluding hydrogens is 312 g/mol.